The summed E-state index contributed by atoms with van der Waals surface area (Å²) in [5, 5.41) is -0.0619. The predicted octanol–water partition coefficient (Wildman–Crippen LogP) is 0.144. The molecule has 0 saturated heterocycles. The first kappa shape index (κ1) is 10.8. The molecule has 0 saturated carbocycles. The molecule has 6 heteroatoms. The van der Waals surface area contributed by atoms with Gasteiger partial charge >= 0.3 is 0 Å². The molecule has 0 amide bonds. The fourth-order valence-electron chi connectivity index (χ4n) is 0.801. The SMILES string of the molecule is CN(C)S(=O)(=O)c1ccc(C=O)cn1. The molecule has 0 N–H and O–H groups in total. The maximum atomic E-state index is 11.5. The van der Waals surface area contributed by atoms with E-state index >= 15 is 0 Å². The highest BCUT2D eigenvalue weighted by molar-refractivity contribution is 7.89. The Bertz CT molecular complexity index is 422. The van der Waals surface area contributed by atoms with E-state index in [1.165, 1.54) is 32.4 Å². The minimum Gasteiger partial charge on any atom is -0.298 e. The van der Waals surface area contributed by atoms with Gasteiger partial charge in [-0.2, -0.15) is 0 Å². The van der Waals surface area contributed by atoms with Crippen molar-refractivity contribution in [2.75, 3.05) is 14.1 Å². The van der Waals surface area contributed by atoms with Crippen LogP contribution in [0.25, 0.3) is 0 Å². The second-order valence-corrected chi connectivity index (χ2v) is 4.93. The van der Waals surface area contributed by atoms with Crippen LogP contribution in [0.1, 0.15) is 10.4 Å². The summed E-state index contributed by atoms with van der Waals surface area (Å²) >= 11 is 0. The number of rotatable bonds is 3. The largest absolute Gasteiger partial charge is 0.298 e. The summed E-state index contributed by atoms with van der Waals surface area (Å²) in [6.07, 6.45) is 1.84. The number of aromatic nitrogens is 1. The van der Waals surface area contributed by atoms with Crippen LogP contribution in [0.4, 0.5) is 0 Å². The molecule has 1 aromatic rings. The lowest BCUT2D eigenvalue weighted by atomic mass is 10.3. The normalized spacial score (nSPS) is 11.6. The van der Waals surface area contributed by atoms with Gasteiger partial charge in [0.2, 0.25) is 0 Å². The predicted molar refractivity (Wildman–Crippen MR) is 50.5 cm³/mol. The first-order chi connectivity index (χ1) is 6.48. The Labute approximate surface area is 82.4 Å². The van der Waals surface area contributed by atoms with Gasteiger partial charge in [-0.3, -0.25) is 4.79 Å². The van der Waals surface area contributed by atoms with E-state index in [1.807, 2.05) is 0 Å². The molecule has 0 bridgehead atoms. The Morgan fingerprint density at radius 1 is 1.36 bits per heavy atom. The molecule has 1 heterocycles. The molecule has 0 aliphatic carbocycles. The number of sulfonamides is 1. The molecule has 0 radical (unpaired) electrons. The summed E-state index contributed by atoms with van der Waals surface area (Å²) in [7, 11) is -0.653. The van der Waals surface area contributed by atoms with Crippen molar-refractivity contribution in [3.05, 3.63) is 23.9 Å². The van der Waals surface area contributed by atoms with Gasteiger partial charge in [0.15, 0.2) is 11.3 Å². The zero-order valence-corrected chi connectivity index (χ0v) is 8.65. The molecule has 0 aromatic carbocycles. The van der Waals surface area contributed by atoms with Crippen molar-refractivity contribution in [2.24, 2.45) is 0 Å². The molecular formula is C8H10N2O3S. The number of nitrogens with zero attached hydrogens (tertiary/aromatic N) is 2. The van der Waals surface area contributed by atoms with Crippen molar-refractivity contribution in [2.45, 2.75) is 5.03 Å². The molecule has 76 valence electrons. The second kappa shape index (κ2) is 3.85. The molecule has 0 fully saturated rings. The first-order valence-electron chi connectivity index (χ1n) is 3.82. The van der Waals surface area contributed by atoms with Gasteiger partial charge in [-0.15, -0.1) is 0 Å². The maximum absolute atomic E-state index is 11.5. The highest BCUT2D eigenvalue weighted by Crippen LogP contribution is 2.09. The number of hydrogen-bond acceptors (Lipinski definition) is 4. The zero-order valence-electron chi connectivity index (χ0n) is 7.84. The van der Waals surface area contributed by atoms with Crippen LogP contribution >= 0.6 is 0 Å². The van der Waals surface area contributed by atoms with E-state index in [2.05, 4.69) is 4.98 Å². The van der Waals surface area contributed by atoms with Gasteiger partial charge in [0.1, 0.15) is 0 Å². The average molecular weight is 214 g/mol. The third kappa shape index (κ3) is 1.97. The number of pyridine rings is 1. The van der Waals surface area contributed by atoms with Crippen LogP contribution < -0.4 is 0 Å². The molecule has 0 spiro atoms. The monoisotopic (exact) mass is 214 g/mol. The molecule has 1 aromatic heterocycles. The lowest BCUT2D eigenvalue weighted by Gasteiger charge is -2.09. The van der Waals surface area contributed by atoms with E-state index in [9.17, 15) is 13.2 Å². The summed E-state index contributed by atoms with van der Waals surface area (Å²) in [5.74, 6) is 0. The zero-order chi connectivity index (χ0) is 10.8. The van der Waals surface area contributed by atoms with E-state index in [0.29, 0.717) is 11.8 Å². The fraction of sp³-hybridized carbons (Fsp3) is 0.250. The topological polar surface area (TPSA) is 67.3 Å². The van der Waals surface area contributed by atoms with Crippen LogP contribution in [-0.2, 0) is 10.0 Å². The third-order valence-corrected chi connectivity index (χ3v) is 3.37. The highest BCUT2D eigenvalue weighted by atomic mass is 32.2. The fourth-order valence-corrected chi connectivity index (χ4v) is 1.60. The first-order valence-corrected chi connectivity index (χ1v) is 5.26. The van der Waals surface area contributed by atoms with Crippen molar-refractivity contribution in [1.29, 1.82) is 0 Å². The average Bonchev–Trinajstić information content (AvgIpc) is 2.17. The minimum atomic E-state index is -3.50. The van der Waals surface area contributed by atoms with Gasteiger partial charge in [-0.25, -0.2) is 17.7 Å². The van der Waals surface area contributed by atoms with Gasteiger partial charge in [0.25, 0.3) is 10.0 Å². The van der Waals surface area contributed by atoms with E-state index in [0.717, 1.165) is 4.31 Å². The molecule has 0 atom stereocenters. The lowest BCUT2D eigenvalue weighted by Crippen LogP contribution is -2.23. The van der Waals surface area contributed by atoms with Gasteiger partial charge in [0, 0.05) is 25.9 Å². The summed E-state index contributed by atoms with van der Waals surface area (Å²) < 4.78 is 24.1. The summed E-state index contributed by atoms with van der Waals surface area (Å²) in [6.45, 7) is 0. The molecule has 0 unspecified atom stereocenters. The Kier molecular flexibility index (Phi) is 2.97. The lowest BCUT2D eigenvalue weighted by molar-refractivity contribution is 0.112. The number of carbonyl (C=O) groups is 1. The molecule has 14 heavy (non-hydrogen) atoms. The van der Waals surface area contributed by atoms with E-state index in [-0.39, 0.29) is 5.03 Å². The molecule has 1 rings (SSSR count). The Hall–Kier alpha value is -1.27. The van der Waals surface area contributed by atoms with Crippen molar-refractivity contribution in [3.63, 3.8) is 0 Å². The van der Waals surface area contributed by atoms with Crippen molar-refractivity contribution in [3.8, 4) is 0 Å². The number of aldehydes is 1. The van der Waals surface area contributed by atoms with Crippen LogP contribution in [0.2, 0.25) is 0 Å². The summed E-state index contributed by atoms with van der Waals surface area (Å²) in [6, 6.07) is 2.72. The number of carbonyl (C=O) groups excluding carboxylic acids is 1. The van der Waals surface area contributed by atoms with Gasteiger partial charge in [-0.05, 0) is 12.1 Å². The number of hydrogen-bond donors (Lipinski definition) is 0. The minimum absolute atomic E-state index is 0.0619. The molecular weight excluding hydrogens is 204 g/mol. The molecule has 0 aliphatic heterocycles. The summed E-state index contributed by atoms with van der Waals surface area (Å²) in [5.41, 5.74) is 0.350. The second-order valence-electron chi connectivity index (χ2n) is 2.84. The highest BCUT2D eigenvalue weighted by Gasteiger charge is 2.17. The molecule has 0 aliphatic rings. The van der Waals surface area contributed by atoms with E-state index < -0.39 is 10.0 Å². The smallest absolute Gasteiger partial charge is 0.260 e. The van der Waals surface area contributed by atoms with E-state index in [4.69, 9.17) is 0 Å². The Morgan fingerprint density at radius 3 is 2.36 bits per heavy atom. The van der Waals surface area contributed by atoms with Gasteiger partial charge in [-0.1, -0.05) is 0 Å². The molecule has 5 nitrogen and oxygen atoms in total. The van der Waals surface area contributed by atoms with Crippen LogP contribution in [0.3, 0.4) is 0 Å². The maximum Gasteiger partial charge on any atom is 0.260 e. The van der Waals surface area contributed by atoms with Crippen molar-refractivity contribution < 1.29 is 13.2 Å². The van der Waals surface area contributed by atoms with Crippen LogP contribution in [0.5, 0.6) is 0 Å². The van der Waals surface area contributed by atoms with Crippen LogP contribution in [0.15, 0.2) is 23.4 Å². The van der Waals surface area contributed by atoms with Crippen LogP contribution in [-0.4, -0.2) is 38.1 Å². The Balaban J connectivity index is 3.16. The van der Waals surface area contributed by atoms with Crippen molar-refractivity contribution >= 4 is 16.3 Å². The quantitative estimate of drug-likeness (QED) is 0.671. The standard InChI is InChI=1S/C8H10N2O3S/c1-10(2)14(12,13)8-4-3-7(6-11)5-9-8/h3-6H,1-2H3. The van der Waals surface area contributed by atoms with Crippen molar-refractivity contribution in [1.82, 2.24) is 9.29 Å². The van der Waals surface area contributed by atoms with Crippen LogP contribution in [0, 0.1) is 0 Å². The van der Waals surface area contributed by atoms with Gasteiger partial charge in [0.05, 0.1) is 0 Å². The van der Waals surface area contributed by atoms with Gasteiger partial charge < -0.3 is 0 Å². The third-order valence-electron chi connectivity index (χ3n) is 1.64. The van der Waals surface area contributed by atoms with E-state index in [1.54, 1.807) is 0 Å². The summed E-state index contributed by atoms with van der Waals surface area (Å²) in [4.78, 5) is 14.0. The Morgan fingerprint density at radius 2 is 2.00 bits per heavy atom.